The average molecular weight is 254 g/mol. The van der Waals surface area contributed by atoms with E-state index < -0.39 is 0 Å². The second-order valence-electron chi connectivity index (χ2n) is 3.52. The van der Waals surface area contributed by atoms with Crippen molar-refractivity contribution >= 4 is 17.6 Å². The summed E-state index contributed by atoms with van der Waals surface area (Å²) in [5.74, 6) is 0.586. The third-order valence-corrected chi connectivity index (χ3v) is 2.17. The molecule has 7 heteroatoms. The Morgan fingerprint density at radius 1 is 1.44 bits per heavy atom. The quantitative estimate of drug-likeness (QED) is 0.689. The van der Waals surface area contributed by atoms with Gasteiger partial charge in [-0.05, 0) is 6.92 Å². The molecule has 0 saturated carbocycles. The third-order valence-electron chi connectivity index (χ3n) is 2.17. The number of carbonyl (C=O) groups is 1. The maximum atomic E-state index is 11.5. The van der Waals surface area contributed by atoms with Gasteiger partial charge in [0.1, 0.15) is 18.2 Å². The van der Waals surface area contributed by atoms with Crippen LogP contribution in [0, 0.1) is 0 Å². The first kappa shape index (κ1) is 14.2. The Hall–Kier alpha value is -1.89. The lowest BCUT2D eigenvalue weighted by Crippen LogP contribution is -2.34. The van der Waals surface area contributed by atoms with E-state index in [9.17, 15) is 4.79 Å². The van der Waals surface area contributed by atoms with Crippen molar-refractivity contribution in [3.63, 3.8) is 0 Å². The van der Waals surface area contributed by atoms with Gasteiger partial charge < -0.3 is 20.1 Å². The number of nitrogens with two attached hydrogens (primary N) is 1. The number of rotatable bonds is 7. The van der Waals surface area contributed by atoms with Crippen LogP contribution in [0.5, 0.6) is 0 Å². The highest BCUT2D eigenvalue weighted by Crippen LogP contribution is 2.09. The first-order valence-corrected chi connectivity index (χ1v) is 5.64. The van der Waals surface area contributed by atoms with E-state index in [1.807, 2.05) is 0 Å². The summed E-state index contributed by atoms with van der Waals surface area (Å²) >= 11 is 0. The van der Waals surface area contributed by atoms with Gasteiger partial charge in [-0.1, -0.05) is 0 Å². The molecular formula is C11H18N4O3. The number of hydrogen-bond donors (Lipinski definition) is 1. The first-order valence-electron chi connectivity index (χ1n) is 5.64. The van der Waals surface area contributed by atoms with E-state index in [0.29, 0.717) is 31.4 Å². The lowest BCUT2D eigenvalue weighted by molar-refractivity contribution is -0.141. The van der Waals surface area contributed by atoms with Crippen LogP contribution in [0.1, 0.15) is 6.92 Å². The zero-order valence-electron chi connectivity index (χ0n) is 10.6. The molecule has 0 amide bonds. The van der Waals surface area contributed by atoms with E-state index in [4.69, 9.17) is 15.2 Å². The van der Waals surface area contributed by atoms with Gasteiger partial charge in [-0.2, -0.15) is 0 Å². The summed E-state index contributed by atoms with van der Waals surface area (Å²) in [4.78, 5) is 21.3. The van der Waals surface area contributed by atoms with Gasteiger partial charge in [0.2, 0.25) is 0 Å². The molecule has 100 valence electrons. The Labute approximate surface area is 106 Å². The minimum absolute atomic E-state index is 0.107. The highest BCUT2D eigenvalue weighted by molar-refractivity contribution is 5.75. The second kappa shape index (κ2) is 7.44. The molecule has 0 aliphatic heterocycles. The highest BCUT2D eigenvalue weighted by atomic mass is 16.5. The van der Waals surface area contributed by atoms with Gasteiger partial charge in [-0.15, -0.1) is 0 Å². The van der Waals surface area contributed by atoms with E-state index >= 15 is 0 Å². The number of nitrogens with zero attached hydrogens (tertiary/aromatic N) is 3. The van der Waals surface area contributed by atoms with Crippen molar-refractivity contribution in [1.29, 1.82) is 0 Å². The summed E-state index contributed by atoms with van der Waals surface area (Å²) in [7, 11) is 1.59. The lowest BCUT2D eigenvalue weighted by atomic mass is 10.4. The highest BCUT2D eigenvalue weighted by Gasteiger charge is 2.13. The molecule has 0 radical (unpaired) electrons. The normalized spacial score (nSPS) is 10.1. The predicted octanol–water partition coefficient (Wildman–Crippen LogP) is 0.0747. The van der Waals surface area contributed by atoms with E-state index in [1.54, 1.807) is 18.9 Å². The van der Waals surface area contributed by atoms with Crippen LogP contribution in [-0.2, 0) is 14.3 Å². The zero-order chi connectivity index (χ0) is 13.4. The molecule has 0 unspecified atom stereocenters. The molecule has 0 fully saturated rings. The maximum absolute atomic E-state index is 11.5. The predicted molar refractivity (Wildman–Crippen MR) is 67.2 cm³/mol. The van der Waals surface area contributed by atoms with Crippen molar-refractivity contribution in [3.8, 4) is 0 Å². The van der Waals surface area contributed by atoms with Gasteiger partial charge in [0, 0.05) is 13.7 Å². The van der Waals surface area contributed by atoms with Crippen LogP contribution in [0.3, 0.4) is 0 Å². The van der Waals surface area contributed by atoms with Crippen molar-refractivity contribution in [1.82, 2.24) is 9.97 Å². The second-order valence-corrected chi connectivity index (χ2v) is 3.52. The van der Waals surface area contributed by atoms with E-state index in [-0.39, 0.29) is 12.5 Å². The summed E-state index contributed by atoms with van der Waals surface area (Å²) in [6.07, 6.45) is 2.96. The summed E-state index contributed by atoms with van der Waals surface area (Å²) in [6.45, 7) is 3.22. The molecule has 1 heterocycles. The van der Waals surface area contributed by atoms with Gasteiger partial charge in [0.25, 0.3) is 0 Å². The molecule has 0 atom stereocenters. The smallest absolute Gasteiger partial charge is 0.325 e. The monoisotopic (exact) mass is 254 g/mol. The van der Waals surface area contributed by atoms with Crippen LogP contribution < -0.4 is 10.6 Å². The molecule has 0 aliphatic carbocycles. The maximum Gasteiger partial charge on any atom is 0.325 e. The SMILES string of the molecule is CCOC(=O)CN(CCOC)c1cnc(N)cn1. The Balaban J connectivity index is 2.70. The van der Waals surface area contributed by atoms with E-state index in [0.717, 1.165) is 0 Å². The third kappa shape index (κ3) is 4.54. The Bertz CT molecular complexity index is 369. The fourth-order valence-corrected chi connectivity index (χ4v) is 1.33. The number of hydrogen-bond acceptors (Lipinski definition) is 7. The van der Waals surface area contributed by atoms with Crippen molar-refractivity contribution < 1.29 is 14.3 Å². The number of esters is 1. The van der Waals surface area contributed by atoms with Crippen LogP contribution in [0.15, 0.2) is 12.4 Å². The van der Waals surface area contributed by atoms with Crippen LogP contribution in [-0.4, -0.2) is 49.4 Å². The topological polar surface area (TPSA) is 90.6 Å². The number of carbonyl (C=O) groups excluding carboxylic acids is 1. The van der Waals surface area contributed by atoms with Crippen LogP contribution >= 0.6 is 0 Å². The molecular weight excluding hydrogens is 236 g/mol. The van der Waals surface area contributed by atoms with Crippen LogP contribution in [0.4, 0.5) is 11.6 Å². The molecule has 1 aromatic heterocycles. The number of anilines is 2. The van der Waals surface area contributed by atoms with Gasteiger partial charge in [-0.3, -0.25) is 4.79 Å². The summed E-state index contributed by atoms with van der Waals surface area (Å²) in [5.41, 5.74) is 5.47. The molecule has 0 aliphatic rings. The molecule has 1 aromatic rings. The Kier molecular flexibility index (Phi) is 5.86. The first-order chi connectivity index (χ1) is 8.67. The van der Waals surface area contributed by atoms with Gasteiger partial charge in [0.05, 0.1) is 25.6 Å². The number of methoxy groups -OCH3 is 1. The summed E-state index contributed by atoms with van der Waals surface area (Å²) in [6, 6.07) is 0. The molecule has 1 rings (SSSR count). The zero-order valence-corrected chi connectivity index (χ0v) is 10.6. The number of ether oxygens (including phenoxy) is 2. The number of nitrogen functional groups attached to an aromatic ring is 1. The van der Waals surface area contributed by atoms with Gasteiger partial charge in [-0.25, -0.2) is 9.97 Å². The molecule has 0 aromatic carbocycles. The van der Waals surface area contributed by atoms with Crippen molar-refractivity contribution in [2.75, 3.05) is 44.0 Å². The van der Waals surface area contributed by atoms with Crippen LogP contribution in [0.25, 0.3) is 0 Å². The lowest BCUT2D eigenvalue weighted by Gasteiger charge is -2.21. The van der Waals surface area contributed by atoms with Crippen LogP contribution in [0.2, 0.25) is 0 Å². The fourth-order valence-electron chi connectivity index (χ4n) is 1.33. The van der Waals surface area contributed by atoms with E-state index in [2.05, 4.69) is 9.97 Å². The van der Waals surface area contributed by atoms with Crippen molar-refractivity contribution in [2.45, 2.75) is 6.92 Å². The van der Waals surface area contributed by atoms with E-state index in [1.165, 1.54) is 12.4 Å². The average Bonchev–Trinajstić information content (AvgIpc) is 2.36. The largest absolute Gasteiger partial charge is 0.465 e. The number of aromatic nitrogens is 2. The molecule has 18 heavy (non-hydrogen) atoms. The molecule has 0 spiro atoms. The van der Waals surface area contributed by atoms with Gasteiger partial charge in [0.15, 0.2) is 0 Å². The summed E-state index contributed by atoms with van der Waals surface area (Å²) in [5, 5.41) is 0. The minimum atomic E-state index is -0.313. The molecule has 0 bridgehead atoms. The molecule has 7 nitrogen and oxygen atoms in total. The van der Waals surface area contributed by atoms with Crippen molar-refractivity contribution in [3.05, 3.63) is 12.4 Å². The Morgan fingerprint density at radius 3 is 2.78 bits per heavy atom. The minimum Gasteiger partial charge on any atom is -0.465 e. The standard InChI is InChI=1S/C11H18N4O3/c1-3-18-11(16)8-15(4-5-17-2)10-7-13-9(12)6-14-10/h6-7H,3-5,8H2,1-2H3,(H2,12,13). The van der Waals surface area contributed by atoms with Crippen molar-refractivity contribution in [2.24, 2.45) is 0 Å². The van der Waals surface area contributed by atoms with Gasteiger partial charge >= 0.3 is 5.97 Å². The summed E-state index contributed by atoms with van der Waals surface area (Å²) < 4.78 is 9.90. The molecule has 2 N–H and O–H groups in total. The Morgan fingerprint density at radius 2 is 2.22 bits per heavy atom. The fraction of sp³-hybridized carbons (Fsp3) is 0.545. The molecule has 0 saturated heterocycles.